The highest BCUT2D eigenvalue weighted by molar-refractivity contribution is 8.01. The van der Waals surface area contributed by atoms with Gasteiger partial charge in [-0.1, -0.05) is 0 Å². The fourth-order valence-electron chi connectivity index (χ4n) is 7.39. The van der Waals surface area contributed by atoms with Crippen molar-refractivity contribution in [2.24, 2.45) is 5.92 Å². The van der Waals surface area contributed by atoms with E-state index in [-0.39, 0.29) is 0 Å². The number of likely N-dealkylation sites (N-methyl/N-ethyl adjacent to an activating group) is 1. The lowest BCUT2D eigenvalue weighted by molar-refractivity contribution is 0.0982. The molecule has 0 radical (unpaired) electrons. The first-order chi connectivity index (χ1) is 24.9. The van der Waals surface area contributed by atoms with Crippen LogP contribution in [-0.4, -0.2) is 102 Å². The Hall–Kier alpha value is -4.38. The summed E-state index contributed by atoms with van der Waals surface area (Å²) >= 11 is 1.80. The number of benzene rings is 2. The van der Waals surface area contributed by atoms with E-state index in [2.05, 4.69) is 76.9 Å². The van der Waals surface area contributed by atoms with Gasteiger partial charge in [-0.25, -0.2) is 4.98 Å². The third kappa shape index (κ3) is 7.64. The molecule has 2 saturated carbocycles. The molecule has 8 rings (SSSR count). The standard InChI is InChI=1S/C38H47N11OS/c1-46-16-18-48(19-17-46)28-10-14-49(15-11-28)33-22-34(50-3)32(21-26(33)20-25-4-5-25)44-38-42-24-27(23-39)37(45-38)43-31-9-8-30-35(41-13-12-40-30)36(31)47(2)51-29-6-7-29/h8-9,12-13,21-22,24-25,28-29H,4-7,10-11,14-20H2,1-3H3,(H2,42,43,44,45). The molecule has 0 bridgehead atoms. The predicted molar refractivity (Wildman–Crippen MR) is 206 cm³/mol. The van der Waals surface area contributed by atoms with Crippen LogP contribution < -0.4 is 24.6 Å². The van der Waals surface area contributed by atoms with E-state index < -0.39 is 0 Å². The zero-order valence-corrected chi connectivity index (χ0v) is 30.6. The number of nitrogens with one attached hydrogen (secondary N) is 2. The van der Waals surface area contributed by atoms with Crippen LogP contribution in [0.3, 0.4) is 0 Å². The van der Waals surface area contributed by atoms with Crippen LogP contribution in [0.15, 0.2) is 42.9 Å². The molecule has 0 spiro atoms. The average Bonchev–Trinajstić information content (AvgIpc) is 4.10. The largest absolute Gasteiger partial charge is 0.494 e. The Morgan fingerprint density at radius 3 is 2.45 bits per heavy atom. The van der Waals surface area contributed by atoms with Crippen molar-refractivity contribution in [1.82, 2.24) is 29.7 Å². The van der Waals surface area contributed by atoms with Crippen LogP contribution in [0, 0.1) is 17.2 Å². The SMILES string of the molecule is COc1cc(N2CCC(N3CCN(C)CC3)CC2)c(CC2CC2)cc1Nc1ncc(C#N)c(Nc2ccc3nccnc3c2N(C)SC2CC2)n1. The number of anilines is 6. The monoisotopic (exact) mass is 705 g/mol. The van der Waals surface area contributed by atoms with Gasteiger partial charge in [0, 0.05) is 81.8 Å². The van der Waals surface area contributed by atoms with E-state index in [0.717, 1.165) is 72.4 Å². The van der Waals surface area contributed by atoms with Gasteiger partial charge < -0.3 is 29.5 Å². The predicted octanol–water partition coefficient (Wildman–Crippen LogP) is 6.20. The maximum atomic E-state index is 10.1. The van der Waals surface area contributed by atoms with Crippen molar-refractivity contribution >= 4 is 57.5 Å². The fourth-order valence-corrected chi connectivity index (χ4v) is 8.47. The first-order valence-corrected chi connectivity index (χ1v) is 19.1. The van der Waals surface area contributed by atoms with Gasteiger partial charge in [0.25, 0.3) is 0 Å². The number of piperazine rings is 1. The third-order valence-electron chi connectivity index (χ3n) is 10.6. The molecule has 13 heteroatoms. The highest BCUT2D eigenvalue weighted by atomic mass is 32.2. The maximum Gasteiger partial charge on any atom is 0.229 e. The van der Waals surface area contributed by atoms with Gasteiger partial charge in [-0.3, -0.25) is 14.9 Å². The molecule has 51 heavy (non-hydrogen) atoms. The number of aromatic nitrogens is 4. The van der Waals surface area contributed by atoms with Crippen LogP contribution in [0.5, 0.6) is 5.75 Å². The van der Waals surface area contributed by atoms with Gasteiger partial charge in [-0.05, 0) is 93.6 Å². The molecule has 0 atom stereocenters. The van der Waals surface area contributed by atoms with Gasteiger partial charge in [0.15, 0.2) is 5.82 Å². The lowest BCUT2D eigenvalue weighted by Crippen LogP contribution is -2.52. The average molecular weight is 706 g/mol. The van der Waals surface area contributed by atoms with Crippen molar-refractivity contribution in [1.29, 1.82) is 5.26 Å². The van der Waals surface area contributed by atoms with Crippen molar-refractivity contribution in [3.63, 3.8) is 0 Å². The Morgan fingerprint density at radius 2 is 1.73 bits per heavy atom. The smallest absolute Gasteiger partial charge is 0.229 e. The van der Waals surface area contributed by atoms with Crippen LogP contribution >= 0.6 is 11.9 Å². The summed E-state index contributed by atoms with van der Waals surface area (Å²) < 4.78 is 8.15. The van der Waals surface area contributed by atoms with Gasteiger partial charge in [-0.15, -0.1) is 0 Å². The minimum atomic E-state index is 0.347. The van der Waals surface area contributed by atoms with Gasteiger partial charge in [0.2, 0.25) is 5.95 Å². The van der Waals surface area contributed by atoms with Crippen LogP contribution in [0.4, 0.5) is 34.5 Å². The van der Waals surface area contributed by atoms with Crippen molar-refractivity contribution in [2.45, 2.75) is 56.2 Å². The highest BCUT2D eigenvalue weighted by Gasteiger charge is 2.31. The van der Waals surface area contributed by atoms with E-state index in [1.165, 1.54) is 62.9 Å². The third-order valence-corrected chi connectivity index (χ3v) is 11.9. The van der Waals surface area contributed by atoms with Gasteiger partial charge in [0.05, 0.1) is 35.9 Å². The van der Waals surface area contributed by atoms with Gasteiger partial charge in [-0.2, -0.15) is 10.2 Å². The molecule has 4 fully saturated rings. The quantitative estimate of drug-likeness (QED) is 0.163. The number of rotatable bonds is 12. The molecular formula is C38H47N11OS. The molecule has 4 heterocycles. The second kappa shape index (κ2) is 14.7. The van der Waals surface area contributed by atoms with E-state index in [1.807, 2.05) is 12.1 Å². The van der Waals surface area contributed by atoms with E-state index in [0.29, 0.717) is 28.6 Å². The molecule has 0 amide bonds. The number of nitrogens with zero attached hydrogens (tertiary/aromatic N) is 9. The van der Waals surface area contributed by atoms with Gasteiger partial charge >= 0.3 is 0 Å². The van der Waals surface area contributed by atoms with E-state index >= 15 is 0 Å². The zero-order valence-electron chi connectivity index (χ0n) is 29.8. The zero-order chi connectivity index (χ0) is 34.9. The number of hydrogen-bond acceptors (Lipinski definition) is 13. The Labute approximate surface area is 304 Å². The van der Waals surface area contributed by atoms with E-state index in [1.54, 1.807) is 37.6 Å². The Morgan fingerprint density at radius 1 is 0.941 bits per heavy atom. The molecule has 2 aromatic carbocycles. The van der Waals surface area contributed by atoms with Crippen LogP contribution in [0.25, 0.3) is 11.0 Å². The molecular weight excluding hydrogens is 659 g/mol. The molecule has 2 saturated heterocycles. The number of hydrogen-bond donors (Lipinski definition) is 2. The number of piperidine rings is 1. The number of fused-ring (bicyclic) bond motifs is 1. The molecule has 2 aromatic heterocycles. The minimum Gasteiger partial charge on any atom is -0.494 e. The lowest BCUT2D eigenvalue weighted by atomic mass is 9.98. The minimum absolute atomic E-state index is 0.347. The summed E-state index contributed by atoms with van der Waals surface area (Å²) in [7, 11) is 6.00. The topological polar surface area (TPSA) is 122 Å². The normalized spacial score (nSPS) is 18.8. The molecule has 2 aliphatic carbocycles. The highest BCUT2D eigenvalue weighted by Crippen LogP contribution is 2.44. The van der Waals surface area contributed by atoms with Crippen molar-refractivity contribution in [3.05, 3.63) is 54.0 Å². The van der Waals surface area contributed by atoms with Crippen LogP contribution in [0.2, 0.25) is 0 Å². The first kappa shape index (κ1) is 33.7. The molecule has 12 nitrogen and oxygen atoms in total. The second-order valence-corrected chi connectivity index (χ2v) is 15.8. The summed E-state index contributed by atoms with van der Waals surface area (Å²) in [4.78, 5) is 26.3. The second-order valence-electron chi connectivity index (χ2n) is 14.4. The first-order valence-electron chi connectivity index (χ1n) is 18.3. The number of ether oxygens (including phenoxy) is 1. The Balaban J connectivity index is 1.05. The molecule has 4 aromatic rings. The molecule has 266 valence electrons. The van der Waals surface area contributed by atoms with Crippen LogP contribution in [0.1, 0.15) is 49.7 Å². The summed E-state index contributed by atoms with van der Waals surface area (Å²) in [5.41, 5.74) is 7.09. The van der Waals surface area contributed by atoms with Gasteiger partial charge in [0.1, 0.15) is 22.9 Å². The summed E-state index contributed by atoms with van der Waals surface area (Å²) in [5, 5.41) is 17.6. The van der Waals surface area contributed by atoms with Crippen molar-refractivity contribution in [2.75, 3.05) is 80.3 Å². The lowest BCUT2D eigenvalue weighted by Gasteiger charge is -2.43. The molecule has 0 unspecified atom stereocenters. The fraction of sp³-hybridized carbons (Fsp3) is 0.500. The Kier molecular flexibility index (Phi) is 9.72. The summed E-state index contributed by atoms with van der Waals surface area (Å²) in [6, 6.07) is 11.3. The van der Waals surface area contributed by atoms with Crippen LogP contribution in [-0.2, 0) is 6.42 Å². The number of nitriles is 1. The molecule has 2 N–H and O–H groups in total. The van der Waals surface area contributed by atoms with E-state index in [9.17, 15) is 5.26 Å². The molecule has 2 aliphatic heterocycles. The van der Waals surface area contributed by atoms with E-state index in [4.69, 9.17) is 9.72 Å². The summed E-state index contributed by atoms with van der Waals surface area (Å²) in [5.74, 6) is 2.28. The van der Waals surface area contributed by atoms with Crippen molar-refractivity contribution < 1.29 is 4.74 Å². The molecule has 4 aliphatic rings. The summed E-state index contributed by atoms with van der Waals surface area (Å²) in [6.07, 6.45) is 13.4. The Bertz CT molecular complexity index is 1910. The van der Waals surface area contributed by atoms with Crippen molar-refractivity contribution in [3.8, 4) is 11.8 Å². The maximum absolute atomic E-state index is 10.1. The summed E-state index contributed by atoms with van der Waals surface area (Å²) in [6.45, 7) is 6.77. The number of methoxy groups -OCH3 is 1.